The van der Waals surface area contributed by atoms with Crippen molar-refractivity contribution < 1.29 is 13.5 Å². The van der Waals surface area contributed by atoms with Gasteiger partial charge in [-0.2, -0.15) is 0 Å². The summed E-state index contributed by atoms with van der Waals surface area (Å²) in [7, 11) is 3.70. The molecule has 2 aromatic rings. The summed E-state index contributed by atoms with van der Waals surface area (Å²) < 4.78 is 33.5. The molecular formula is C20H21F2NOS2. The summed E-state index contributed by atoms with van der Waals surface area (Å²) in [5.74, 6) is -0.355. The number of aliphatic imine (C=N–C) groups is 1. The number of benzene rings is 2. The standard InChI is InChI=1S/C20H21F2NOS2/c1-20(2,3)26-25-12-13-7-9-14(10-8-13)17-11-24-19(23-17)18-15(21)5-4-6-16(18)22/h4-10,17H,11-12H2,1-3H3. The Hall–Kier alpha value is -1.53. The van der Waals surface area contributed by atoms with Crippen LogP contribution in [0.1, 0.15) is 43.5 Å². The average Bonchev–Trinajstić information content (AvgIpc) is 3.04. The third-order valence-electron chi connectivity index (χ3n) is 3.73. The minimum Gasteiger partial charge on any atom is -0.475 e. The van der Waals surface area contributed by atoms with Crippen molar-refractivity contribution in [2.24, 2.45) is 4.99 Å². The van der Waals surface area contributed by atoms with E-state index in [1.807, 2.05) is 33.7 Å². The van der Waals surface area contributed by atoms with Crippen molar-refractivity contribution >= 4 is 27.5 Å². The molecular weight excluding hydrogens is 372 g/mol. The fourth-order valence-corrected chi connectivity index (χ4v) is 4.88. The van der Waals surface area contributed by atoms with Gasteiger partial charge in [-0.3, -0.25) is 0 Å². The second kappa shape index (κ2) is 8.01. The molecule has 0 amide bonds. The van der Waals surface area contributed by atoms with E-state index in [-0.39, 0.29) is 28.9 Å². The monoisotopic (exact) mass is 393 g/mol. The van der Waals surface area contributed by atoms with E-state index >= 15 is 0 Å². The van der Waals surface area contributed by atoms with Crippen LogP contribution in [0, 0.1) is 11.6 Å². The lowest BCUT2D eigenvalue weighted by Crippen LogP contribution is -2.07. The summed E-state index contributed by atoms with van der Waals surface area (Å²) in [4.78, 5) is 4.38. The lowest BCUT2D eigenvalue weighted by Gasteiger charge is -2.16. The van der Waals surface area contributed by atoms with E-state index in [0.29, 0.717) is 0 Å². The summed E-state index contributed by atoms with van der Waals surface area (Å²) in [5.41, 5.74) is 2.02. The minimum atomic E-state index is -0.659. The van der Waals surface area contributed by atoms with Gasteiger partial charge in [0.15, 0.2) is 0 Å². The fourth-order valence-electron chi connectivity index (χ4n) is 2.49. The number of hydrogen-bond donors (Lipinski definition) is 0. The lowest BCUT2D eigenvalue weighted by molar-refractivity contribution is 0.317. The molecule has 0 saturated carbocycles. The lowest BCUT2D eigenvalue weighted by atomic mass is 10.1. The van der Waals surface area contributed by atoms with Crippen molar-refractivity contribution in [2.75, 3.05) is 6.61 Å². The number of halogens is 2. The molecule has 138 valence electrons. The fraction of sp³-hybridized carbons (Fsp3) is 0.350. The molecule has 0 aromatic heterocycles. The molecule has 3 rings (SSSR count). The van der Waals surface area contributed by atoms with Gasteiger partial charge in [0.1, 0.15) is 29.8 Å². The Kier molecular flexibility index (Phi) is 5.92. The summed E-state index contributed by atoms with van der Waals surface area (Å²) in [6.45, 7) is 6.88. The Balaban J connectivity index is 1.68. The molecule has 1 heterocycles. The normalized spacial score (nSPS) is 17.1. The Morgan fingerprint density at radius 3 is 2.35 bits per heavy atom. The Morgan fingerprint density at radius 1 is 1.08 bits per heavy atom. The molecule has 2 aromatic carbocycles. The van der Waals surface area contributed by atoms with Crippen LogP contribution >= 0.6 is 21.6 Å². The average molecular weight is 394 g/mol. The smallest absolute Gasteiger partial charge is 0.222 e. The predicted molar refractivity (Wildman–Crippen MR) is 107 cm³/mol. The van der Waals surface area contributed by atoms with E-state index in [9.17, 15) is 8.78 Å². The first-order valence-corrected chi connectivity index (χ1v) is 10.7. The van der Waals surface area contributed by atoms with Gasteiger partial charge in [0.05, 0.1) is 0 Å². The zero-order chi connectivity index (χ0) is 18.7. The quantitative estimate of drug-likeness (QED) is 0.568. The van der Waals surface area contributed by atoms with Crippen LogP contribution in [0.4, 0.5) is 8.78 Å². The van der Waals surface area contributed by atoms with Crippen LogP contribution in [0.25, 0.3) is 0 Å². The highest BCUT2D eigenvalue weighted by atomic mass is 33.1. The zero-order valence-electron chi connectivity index (χ0n) is 15.0. The number of rotatable bonds is 5. The third kappa shape index (κ3) is 4.80. The maximum absolute atomic E-state index is 13.9. The molecule has 0 fully saturated rings. The van der Waals surface area contributed by atoms with E-state index in [1.54, 1.807) is 0 Å². The summed E-state index contributed by atoms with van der Waals surface area (Å²) in [5, 5.41) is 0. The largest absolute Gasteiger partial charge is 0.475 e. The zero-order valence-corrected chi connectivity index (χ0v) is 16.6. The maximum Gasteiger partial charge on any atom is 0.222 e. The van der Waals surface area contributed by atoms with Crippen LogP contribution in [0.3, 0.4) is 0 Å². The van der Waals surface area contributed by atoms with Crippen molar-refractivity contribution in [3.8, 4) is 0 Å². The molecule has 2 nitrogen and oxygen atoms in total. The molecule has 0 bridgehead atoms. The predicted octanol–water partition coefficient (Wildman–Crippen LogP) is 6.16. The van der Waals surface area contributed by atoms with Gasteiger partial charge in [-0.15, -0.1) is 0 Å². The first-order chi connectivity index (χ1) is 12.3. The van der Waals surface area contributed by atoms with Gasteiger partial charge in [0, 0.05) is 10.5 Å². The number of hydrogen-bond acceptors (Lipinski definition) is 4. The summed E-state index contributed by atoms with van der Waals surface area (Å²) >= 11 is 0. The molecule has 0 aliphatic carbocycles. The highest BCUT2D eigenvalue weighted by molar-refractivity contribution is 8.76. The van der Waals surface area contributed by atoms with E-state index in [4.69, 9.17) is 4.74 Å². The second-order valence-corrected chi connectivity index (χ2v) is 10.2. The molecule has 26 heavy (non-hydrogen) atoms. The van der Waals surface area contributed by atoms with Crippen LogP contribution in [-0.4, -0.2) is 17.3 Å². The second-order valence-electron chi connectivity index (χ2n) is 7.06. The van der Waals surface area contributed by atoms with Gasteiger partial charge < -0.3 is 4.74 Å². The van der Waals surface area contributed by atoms with Gasteiger partial charge >= 0.3 is 0 Å². The first-order valence-electron chi connectivity index (χ1n) is 8.38. The van der Waals surface area contributed by atoms with Crippen LogP contribution in [-0.2, 0) is 10.5 Å². The highest BCUT2D eigenvalue weighted by Crippen LogP contribution is 2.37. The highest BCUT2D eigenvalue weighted by Gasteiger charge is 2.26. The van der Waals surface area contributed by atoms with Crippen LogP contribution in [0.5, 0.6) is 0 Å². The molecule has 0 spiro atoms. The molecule has 1 aliphatic rings. The Bertz CT molecular complexity index is 780. The van der Waals surface area contributed by atoms with Gasteiger partial charge in [0.25, 0.3) is 0 Å². The molecule has 6 heteroatoms. The summed E-state index contributed by atoms with van der Waals surface area (Å²) in [6, 6.07) is 11.7. The molecule has 0 saturated heterocycles. The van der Waals surface area contributed by atoms with Crippen LogP contribution in [0.2, 0.25) is 0 Å². The van der Waals surface area contributed by atoms with E-state index < -0.39 is 11.6 Å². The molecule has 0 radical (unpaired) electrons. The Morgan fingerprint density at radius 2 is 1.73 bits per heavy atom. The topological polar surface area (TPSA) is 21.6 Å². The van der Waals surface area contributed by atoms with E-state index in [1.165, 1.54) is 23.8 Å². The molecule has 1 aliphatic heterocycles. The van der Waals surface area contributed by atoms with Gasteiger partial charge in [-0.25, -0.2) is 13.8 Å². The Labute approximate surface area is 160 Å². The molecule has 1 unspecified atom stereocenters. The van der Waals surface area contributed by atoms with Crippen LogP contribution < -0.4 is 0 Å². The molecule has 0 N–H and O–H groups in total. The van der Waals surface area contributed by atoms with Gasteiger partial charge in [0.2, 0.25) is 5.90 Å². The number of nitrogens with zero attached hydrogens (tertiary/aromatic N) is 1. The summed E-state index contributed by atoms with van der Waals surface area (Å²) in [6.07, 6.45) is 0. The third-order valence-corrected chi connectivity index (χ3v) is 7.00. The first kappa shape index (κ1) is 19.2. The SMILES string of the molecule is CC(C)(C)SSCc1ccc(C2COC(c3c(F)cccc3F)=N2)cc1. The van der Waals surface area contributed by atoms with Crippen molar-refractivity contribution in [3.05, 3.63) is 70.8 Å². The van der Waals surface area contributed by atoms with Gasteiger partial charge in [-0.05, 0) is 23.3 Å². The van der Waals surface area contributed by atoms with Gasteiger partial charge in [-0.1, -0.05) is 72.7 Å². The van der Waals surface area contributed by atoms with Crippen molar-refractivity contribution in [1.29, 1.82) is 0 Å². The van der Waals surface area contributed by atoms with Crippen molar-refractivity contribution in [1.82, 2.24) is 0 Å². The number of ether oxygens (including phenoxy) is 1. The van der Waals surface area contributed by atoms with E-state index in [0.717, 1.165) is 11.3 Å². The van der Waals surface area contributed by atoms with Crippen molar-refractivity contribution in [3.63, 3.8) is 0 Å². The molecule has 1 atom stereocenters. The van der Waals surface area contributed by atoms with Crippen molar-refractivity contribution in [2.45, 2.75) is 37.3 Å². The maximum atomic E-state index is 13.9. The van der Waals surface area contributed by atoms with Crippen LogP contribution in [0.15, 0.2) is 47.5 Å². The minimum absolute atomic E-state index is 0.0341. The van der Waals surface area contributed by atoms with E-state index in [2.05, 4.69) is 37.9 Å².